The van der Waals surface area contributed by atoms with Gasteiger partial charge in [0.1, 0.15) is 11.2 Å². The van der Waals surface area contributed by atoms with Crippen molar-refractivity contribution in [2.24, 2.45) is 0 Å². The lowest BCUT2D eigenvalue weighted by Crippen LogP contribution is -2.39. The summed E-state index contributed by atoms with van der Waals surface area (Å²) in [7, 11) is 0. The molecule has 0 aromatic rings. The Kier molecular flexibility index (Phi) is 3.81. The Morgan fingerprint density at radius 2 is 1.29 bits per heavy atom. The summed E-state index contributed by atoms with van der Waals surface area (Å²) in [6.07, 6.45) is 4.88. The van der Waals surface area contributed by atoms with E-state index in [-0.39, 0.29) is 23.4 Å². The highest BCUT2D eigenvalue weighted by atomic mass is 16.6. The summed E-state index contributed by atoms with van der Waals surface area (Å²) in [5.74, 6) is 0. The van der Waals surface area contributed by atoms with E-state index >= 15 is 0 Å². The molecule has 3 heteroatoms. The number of epoxide rings is 2. The molecule has 0 N–H and O–H groups in total. The van der Waals surface area contributed by atoms with E-state index in [1.165, 1.54) is 0 Å². The van der Waals surface area contributed by atoms with Gasteiger partial charge in [0.2, 0.25) is 0 Å². The molecule has 2 saturated heterocycles. The van der Waals surface area contributed by atoms with Crippen LogP contribution in [0.5, 0.6) is 0 Å². The van der Waals surface area contributed by atoms with Crippen LogP contribution in [0.15, 0.2) is 0 Å². The predicted octanol–water partition coefficient (Wildman–Crippen LogP) is 2.92. The predicted molar refractivity (Wildman–Crippen MR) is 67.2 cm³/mol. The van der Waals surface area contributed by atoms with Gasteiger partial charge in [0.05, 0.1) is 25.4 Å². The van der Waals surface area contributed by atoms with Crippen LogP contribution in [0.3, 0.4) is 0 Å². The molecule has 2 heterocycles. The molecule has 17 heavy (non-hydrogen) atoms. The fraction of sp³-hybridized carbons (Fsp3) is 1.00. The standard InChI is InChI=1S/C14H26O3/c1-5-7-11(13(3)9-15-13)17-12(8-6-2)14(4)10-16-14/h11-12H,5-10H2,1-4H3. The third-order valence-corrected chi connectivity index (χ3v) is 3.99. The second-order valence-corrected chi connectivity index (χ2v) is 5.89. The second kappa shape index (κ2) is 4.87. The van der Waals surface area contributed by atoms with Gasteiger partial charge in [-0.25, -0.2) is 0 Å². The van der Waals surface area contributed by atoms with Gasteiger partial charge >= 0.3 is 0 Å². The first-order chi connectivity index (χ1) is 8.04. The molecule has 4 unspecified atom stereocenters. The van der Waals surface area contributed by atoms with Crippen LogP contribution in [0, 0.1) is 0 Å². The van der Waals surface area contributed by atoms with Gasteiger partial charge in [-0.2, -0.15) is 0 Å². The minimum absolute atomic E-state index is 0.0345. The molecule has 2 fully saturated rings. The Hall–Kier alpha value is -0.120. The normalized spacial score (nSPS) is 38.8. The van der Waals surface area contributed by atoms with Gasteiger partial charge < -0.3 is 14.2 Å². The molecule has 0 spiro atoms. The van der Waals surface area contributed by atoms with Gasteiger partial charge in [0, 0.05) is 0 Å². The van der Waals surface area contributed by atoms with E-state index in [1.54, 1.807) is 0 Å². The summed E-state index contributed by atoms with van der Waals surface area (Å²) in [6.45, 7) is 10.4. The van der Waals surface area contributed by atoms with Crippen molar-refractivity contribution in [2.45, 2.75) is 76.8 Å². The lowest BCUT2D eigenvalue weighted by Gasteiger charge is -2.29. The highest BCUT2D eigenvalue weighted by Gasteiger charge is 2.53. The quantitative estimate of drug-likeness (QED) is 0.614. The number of ether oxygens (including phenoxy) is 3. The third-order valence-electron chi connectivity index (χ3n) is 3.99. The molecular weight excluding hydrogens is 216 g/mol. The number of hydrogen-bond acceptors (Lipinski definition) is 3. The number of rotatable bonds is 8. The second-order valence-electron chi connectivity index (χ2n) is 5.89. The van der Waals surface area contributed by atoms with E-state index in [0.29, 0.717) is 0 Å². The largest absolute Gasteiger partial charge is 0.369 e. The van der Waals surface area contributed by atoms with Gasteiger partial charge in [0.25, 0.3) is 0 Å². The fourth-order valence-electron chi connectivity index (χ4n) is 2.36. The van der Waals surface area contributed by atoms with E-state index < -0.39 is 0 Å². The van der Waals surface area contributed by atoms with E-state index in [1.807, 2.05) is 0 Å². The zero-order valence-electron chi connectivity index (χ0n) is 11.6. The highest BCUT2D eigenvalue weighted by Crippen LogP contribution is 2.40. The summed E-state index contributed by atoms with van der Waals surface area (Å²) in [5, 5.41) is 0. The molecule has 2 aliphatic rings. The van der Waals surface area contributed by atoms with Gasteiger partial charge in [-0.15, -0.1) is 0 Å². The topological polar surface area (TPSA) is 34.3 Å². The smallest absolute Gasteiger partial charge is 0.115 e. The van der Waals surface area contributed by atoms with E-state index in [2.05, 4.69) is 27.7 Å². The lowest BCUT2D eigenvalue weighted by molar-refractivity contribution is -0.0844. The Labute approximate surface area is 105 Å². The maximum atomic E-state index is 6.34. The summed E-state index contributed by atoms with van der Waals surface area (Å²) >= 11 is 0. The van der Waals surface area contributed by atoms with Crippen molar-refractivity contribution in [2.75, 3.05) is 13.2 Å². The Morgan fingerprint density at radius 1 is 0.941 bits per heavy atom. The monoisotopic (exact) mass is 242 g/mol. The number of hydrogen-bond donors (Lipinski definition) is 0. The van der Waals surface area contributed by atoms with Gasteiger partial charge in [0.15, 0.2) is 0 Å². The fourth-order valence-corrected chi connectivity index (χ4v) is 2.36. The lowest BCUT2D eigenvalue weighted by atomic mass is 9.97. The summed E-state index contributed by atoms with van der Waals surface area (Å²) in [6, 6.07) is 0. The zero-order chi connectivity index (χ0) is 12.5. The van der Waals surface area contributed by atoms with Crippen LogP contribution in [0.4, 0.5) is 0 Å². The molecule has 0 aromatic heterocycles. The molecule has 3 nitrogen and oxygen atoms in total. The highest BCUT2D eigenvalue weighted by molar-refractivity contribution is 5.00. The average molecular weight is 242 g/mol. The van der Waals surface area contributed by atoms with Crippen molar-refractivity contribution < 1.29 is 14.2 Å². The average Bonchev–Trinajstić information content (AvgIpc) is 3.18. The van der Waals surface area contributed by atoms with Crippen molar-refractivity contribution in [1.82, 2.24) is 0 Å². The maximum absolute atomic E-state index is 6.34. The molecule has 100 valence electrons. The Bertz CT molecular complexity index is 230. The van der Waals surface area contributed by atoms with Crippen molar-refractivity contribution in [3.8, 4) is 0 Å². The SMILES string of the molecule is CCCC(OC(CCC)C1(C)CO1)C1(C)CO1. The summed E-state index contributed by atoms with van der Waals surface area (Å²) < 4.78 is 17.4. The first kappa shape index (κ1) is 13.3. The van der Waals surface area contributed by atoms with E-state index in [9.17, 15) is 0 Å². The van der Waals surface area contributed by atoms with Gasteiger partial charge in [-0.05, 0) is 26.7 Å². The van der Waals surface area contributed by atoms with Crippen LogP contribution in [-0.4, -0.2) is 36.6 Å². The third kappa shape index (κ3) is 3.01. The van der Waals surface area contributed by atoms with Crippen LogP contribution < -0.4 is 0 Å². The molecule has 0 aliphatic carbocycles. The van der Waals surface area contributed by atoms with Crippen molar-refractivity contribution >= 4 is 0 Å². The molecular formula is C14H26O3. The Balaban J connectivity index is 1.94. The zero-order valence-corrected chi connectivity index (χ0v) is 11.6. The summed E-state index contributed by atoms with van der Waals surface area (Å²) in [4.78, 5) is 0. The molecule has 4 atom stereocenters. The van der Waals surface area contributed by atoms with Crippen LogP contribution in [0.25, 0.3) is 0 Å². The summed E-state index contributed by atoms with van der Waals surface area (Å²) in [5.41, 5.74) is -0.0689. The first-order valence-electron chi connectivity index (χ1n) is 6.97. The van der Waals surface area contributed by atoms with Crippen molar-refractivity contribution in [1.29, 1.82) is 0 Å². The van der Waals surface area contributed by atoms with Crippen LogP contribution >= 0.6 is 0 Å². The molecule has 0 radical (unpaired) electrons. The van der Waals surface area contributed by atoms with Crippen molar-refractivity contribution in [3.05, 3.63) is 0 Å². The first-order valence-corrected chi connectivity index (χ1v) is 6.97. The maximum Gasteiger partial charge on any atom is 0.115 e. The van der Waals surface area contributed by atoms with Crippen molar-refractivity contribution in [3.63, 3.8) is 0 Å². The van der Waals surface area contributed by atoms with Gasteiger partial charge in [-0.1, -0.05) is 26.7 Å². The molecule has 2 aliphatic heterocycles. The molecule has 0 saturated carbocycles. The van der Waals surface area contributed by atoms with E-state index in [0.717, 1.165) is 38.9 Å². The van der Waals surface area contributed by atoms with E-state index in [4.69, 9.17) is 14.2 Å². The van der Waals surface area contributed by atoms with Crippen LogP contribution in [0.1, 0.15) is 53.4 Å². The minimum atomic E-state index is -0.0345. The van der Waals surface area contributed by atoms with Crippen LogP contribution in [-0.2, 0) is 14.2 Å². The molecule has 0 amide bonds. The molecule has 0 aromatic carbocycles. The molecule has 2 rings (SSSR count). The molecule has 0 bridgehead atoms. The minimum Gasteiger partial charge on any atom is -0.369 e. The Morgan fingerprint density at radius 3 is 1.53 bits per heavy atom. The van der Waals surface area contributed by atoms with Crippen LogP contribution in [0.2, 0.25) is 0 Å². The van der Waals surface area contributed by atoms with Gasteiger partial charge in [-0.3, -0.25) is 0 Å².